The van der Waals surface area contributed by atoms with Gasteiger partial charge in [0, 0.05) is 30.1 Å². The second kappa shape index (κ2) is 15.9. The number of nitrogens with zero attached hydrogens (tertiary/aromatic N) is 1. The first-order chi connectivity index (χ1) is 18.6. The van der Waals surface area contributed by atoms with Crippen molar-refractivity contribution in [2.24, 2.45) is 27.9 Å². The molecule has 0 saturated heterocycles. The third kappa shape index (κ3) is 10.6. The van der Waals surface area contributed by atoms with Crippen LogP contribution in [0.4, 0.5) is 0 Å². The average Bonchev–Trinajstić information content (AvgIpc) is 3.31. The molecule has 0 aliphatic rings. The summed E-state index contributed by atoms with van der Waals surface area (Å²) in [5.74, 6) is -3.06. The molecule has 13 N–H and O–H groups in total. The molecule has 3 amide bonds. The number of hydrogen-bond donors (Lipinski definition) is 9. The number of carboxylic acid groups (broad SMARTS) is 1. The normalized spacial score (nSPS) is 13.2. The molecule has 0 fully saturated rings. The van der Waals surface area contributed by atoms with Crippen molar-refractivity contribution in [2.75, 3.05) is 19.6 Å². The number of aromatic amines is 1. The third-order valence-corrected chi connectivity index (χ3v) is 6.04. The highest BCUT2D eigenvalue weighted by Gasteiger charge is 2.25. The Labute approximate surface area is 226 Å². The number of unbranched alkanes of at least 4 members (excludes halogenated alkanes) is 1. The molecule has 3 atom stereocenters. The molecule has 14 nitrogen and oxygen atoms in total. The fourth-order valence-electron chi connectivity index (χ4n) is 3.95. The second-order valence-corrected chi connectivity index (χ2v) is 9.14. The SMILES string of the molecule is NCCCCC(NC(=O)C(N)CCCN=C(N)N)C(=O)NCC(=O)NC(Cc1c[nH]c2ccccc12)C(=O)O. The largest absolute Gasteiger partial charge is 0.480 e. The van der Waals surface area contributed by atoms with Crippen molar-refractivity contribution in [2.45, 2.75) is 56.7 Å². The minimum absolute atomic E-state index is 0.0534. The van der Waals surface area contributed by atoms with E-state index in [4.69, 9.17) is 22.9 Å². The number of aliphatic carboxylic acids is 1. The smallest absolute Gasteiger partial charge is 0.326 e. The van der Waals surface area contributed by atoms with Gasteiger partial charge in [0.1, 0.15) is 12.1 Å². The Hall–Kier alpha value is -4.17. The number of aliphatic imine (C=N–C) groups is 1. The number of H-pyrrole nitrogens is 1. The zero-order chi connectivity index (χ0) is 28.8. The summed E-state index contributed by atoms with van der Waals surface area (Å²) in [6, 6.07) is 4.39. The Kier molecular flexibility index (Phi) is 12.7. The fraction of sp³-hybridized carbons (Fsp3) is 0.480. The lowest BCUT2D eigenvalue weighted by molar-refractivity contribution is -0.141. The first-order valence-corrected chi connectivity index (χ1v) is 12.8. The molecule has 2 rings (SSSR count). The van der Waals surface area contributed by atoms with E-state index in [1.54, 1.807) is 6.20 Å². The maximum atomic E-state index is 12.8. The third-order valence-electron chi connectivity index (χ3n) is 6.04. The molecular formula is C25H39N9O5. The van der Waals surface area contributed by atoms with Gasteiger partial charge in [-0.05, 0) is 50.3 Å². The minimum Gasteiger partial charge on any atom is -0.480 e. The number of carboxylic acids is 1. The molecule has 214 valence electrons. The highest BCUT2D eigenvalue weighted by atomic mass is 16.4. The summed E-state index contributed by atoms with van der Waals surface area (Å²) in [5.41, 5.74) is 23.6. The standard InChI is InChI=1S/C25H39N9O5/c26-10-4-3-9-19(34-22(36)17(27)7-5-11-30-25(28)29)23(37)32-14-21(35)33-20(24(38)39)12-15-13-31-18-8-2-1-6-16(15)18/h1-2,6,8,13,17,19-20,31H,3-5,7,9-12,14,26-27H2,(H,32,37)(H,33,35)(H,34,36)(H,38,39)(H4,28,29,30). The molecule has 2 aromatic rings. The van der Waals surface area contributed by atoms with Crippen molar-refractivity contribution >= 4 is 40.6 Å². The molecule has 39 heavy (non-hydrogen) atoms. The van der Waals surface area contributed by atoms with Gasteiger partial charge in [-0.15, -0.1) is 0 Å². The van der Waals surface area contributed by atoms with Gasteiger partial charge < -0.3 is 49.0 Å². The van der Waals surface area contributed by atoms with E-state index in [0.717, 1.165) is 16.5 Å². The van der Waals surface area contributed by atoms with Crippen molar-refractivity contribution in [3.8, 4) is 0 Å². The van der Waals surface area contributed by atoms with Gasteiger partial charge in [0.15, 0.2) is 5.96 Å². The molecule has 0 bridgehead atoms. The van der Waals surface area contributed by atoms with Crippen LogP contribution in [-0.4, -0.2) is 77.5 Å². The van der Waals surface area contributed by atoms with Gasteiger partial charge >= 0.3 is 5.97 Å². The monoisotopic (exact) mass is 545 g/mol. The number of nitrogens with one attached hydrogen (secondary N) is 4. The van der Waals surface area contributed by atoms with E-state index < -0.39 is 48.4 Å². The molecule has 0 radical (unpaired) electrons. The van der Waals surface area contributed by atoms with Crippen LogP contribution in [0.5, 0.6) is 0 Å². The topological polar surface area (TPSA) is 257 Å². The summed E-state index contributed by atoms with van der Waals surface area (Å²) in [4.78, 5) is 56.6. The van der Waals surface area contributed by atoms with Crippen molar-refractivity contribution < 1.29 is 24.3 Å². The van der Waals surface area contributed by atoms with E-state index in [0.29, 0.717) is 38.8 Å². The highest BCUT2D eigenvalue weighted by Crippen LogP contribution is 2.19. The van der Waals surface area contributed by atoms with Gasteiger partial charge in [0.05, 0.1) is 12.6 Å². The summed E-state index contributed by atoms with van der Waals surface area (Å²) in [5, 5.41) is 18.0. The number of benzene rings is 1. The molecule has 3 unspecified atom stereocenters. The van der Waals surface area contributed by atoms with Gasteiger partial charge in [0.2, 0.25) is 17.7 Å². The van der Waals surface area contributed by atoms with Crippen LogP contribution in [0.3, 0.4) is 0 Å². The summed E-state index contributed by atoms with van der Waals surface area (Å²) in [6.07, 6.45) is 4.02. The number of rotatable bonds is 17. The number of guanidine groups is 1. The van der Waals surface area contributed by atoms with Crippen molar-refractivity contribution in [3.05, 3.63) is 36.0 Å². The van der Waals surface area contributed by atoms with E-state index in [9.17, 15) is 24.3 Å². The Balaban J connectivity index is 1.92. The van der Waals surface area contributed by atoms with E-state index in [-0.39, 0.29) is 18.8 Å². The zero-order valence-electron chi connectivity index (χ0n) is 21.8. The van der Waals surface area contributed by atoms with Gasteiger partial charge in [-0.2, -0.15) is 0 Å². The number of aromatic nitrogens is 1. The van der Waals surface area contributed by atoms with Crippen molar-refractivity contribution in [3.63, 3.8) is 0 Å². The number of amides is 3. The number of nitrogens with two attached hydrogens (primary N) is 4. The first kappa shape index (κ1) is 31.1. The molecular weight excluding hydrogens is 506 g/mol. The minimum atomic E-state index is -1.21. The lowest BCUT2D eigenvalue weighted by Crippen LogP contribution is -2.53. The summed E-state index contributed by atoms with van der Waals surface area (Å²) < 4.78 is 0. The van der Waals surface area contributed by atoms with Crippen LogP contribution in [0.15, 0.2) is 35.5 Å². The lowest BCUT2D eigenvalue weighted by atomic mass is 10.0. The summed E-state index contributed by atoms with van der Waals surface area (Å²) in [7, 11) is 0. The summed E-state index contributed by atoms with van der Waals surface area (Å²) >= 11 is 0. The van der Waals surface area contributed by atoms with Gasteiger partial charge in [-0.1, -0.05) is 18.2 Å². The number of carbonyl (C=O) groups excluding carboxylic acids is 3. The fourth-order valence-corrected chi connectivity index (χ4v) is 3.95. The Morgan fingerprint density at radius 2 is 1.72 bits per heavy atom. The van der Waals surface area contributed by atoms with Gasteiger partial charge in [-0.3, -0.25) is 19.4 Å². The molecule has 0 aliphatic heterocycles. The lowest BCUT2D eigenvalue weighted by Gasteiger charge is -2.21. The van der Waals surface area contributed by atoms with E-state index >= 15 is 0 Å². The van der Waals surface area contributed by atoms with Crippen molar-refractivity contribution in [1.82, 2.24) is 20.9 Å². The van der Waals surface area contributed by atoms with E-state index in [2.05, 4.69) is 25.9 Å². The zero-order valence-corrected chi connectivity index (χ0v) is 21.8. The Morgan fingerprint density at radius 1 is 0.974 bits per heavy atom. The Bertz CT molecular complexity index is 1150. The van der Waals surface area contributed by atoms with Gasteiger partial charge in [0.25, 0.3) is 0 Å². The molecule has 0 saturated carbocycles. The van der Waals surface area contributed by atoms with Crippen LogP contribution in [0.2, 0.25) is 0 Å². The predicted octanol–water partition coefficient (Wildman–Crippen LogP) is -1.61. The first-order valence-electron chi connectivity index (χ1n) is 12.8. The molecule has 14 heteroatoms. The van der Waals surface area contributed by atoms with Crippen LogP contribution < -0.4 is 38.9 Å². The second-order valence-electron chi connectivity index (χ2n) is 9.14. The van der Waals surface area contributed by atoms with Gasteiger partial charge in [-0.25, -0.2) is 4.79 Å². The van der Waals surface area contributed by atoms with Crippen LogP contribution in [0.25, 0.3) is 10.9 Å². The van der Waals surface area contributed by atoms with Crippen molar-refractivity contribution in [1.29, 1.82) is 0 Å². The average molecular weight is 546 g/mol. The summed E-state index contributed by atoms with van der Waals surface area (Å²) in [6.45, 7) is 0.267. The van der Waals surface area contributed by atoms with Crippen LogP contribution in [0, 0.1) is 0 Å². The van der Waals surface area contributed by atoms with Crippen LogP contribution in [0.1, 0.15) is 37.7 Å². The maximum Gasteiger partial charge on any atom is 0.326 e. The molecule has 1 aromatic carbocycles. The number of hydrogen-bond acceptors (Lipinski definition) is 7. The Morgan fingerprint density at radius 3 is 2.41 bits per heavy atom. The highest BCUT2D eigenvalue weighted by molar-refractivity contribution is 5.93. The number of carbonyl (C=O) groups is 4. The van der Waals surface area contributed by atoms with Crippen LogP contribution in [-0.2, 0) is 25.6 Å². The maximum absolute atomic E-state index is 12.8. The molecule has 1 heterocycles. The van der Waals surface area contributed by atoms with Crippen LogP contribution >= 0.6 is 0 Å². The van der Waals surface area contributed by atoms with E-state index in [1.165, 1.54) is 0 Å². The molecule has 0 spiro atoms. The molecule has 1 aromatic heterocycles. The predicted molar refractivity (Wildman–Crippen MR) is 147 cm³/mol. The van der Waals surface area contributed by atoms with E-state index in [1.807, 2.05) is 24.3 Å². The number of fused-ring (bicyclic) bond motifs is 1. The quantitative estimate of drug-likeness (QED) is 0.0628. The number of para-hydroxylation sites is 1. The molecule has 0 aliphatic carbocycles.